The van der Waals surface area contributed by atoms with Gasteiger partial charge in [-0.1, -0.05) is 54.7 Å². The minimum absolute atomic E-state index is 0.0509. The summed E-state index contributed by atoms with van der Waals surface area (Å²) in [5.41, 5.74) is -0.665. The average Bonchev–Trinajstić information content (AvgIpc) is 2.46. The van der Waals surface area contributed by atoms with Crippen molar-refractivity contribution in [1.29, 1.82) is 0 Å². The van der Waals surface area contributed by atoms with Crippen LogP contribution in [0, 0.1) is 10.8 Å². The van der Waals surface area contributed by atoms with E-state index in [1.54, 1.807) is 0 Å². The largest absolute Gasteiger partial charge is 0.456 e. The normalized spacial score (nSPS) is 14.4. The number of carbonyl (C=O) groups is 2. The van der Waals surface area contributed by atoms with Crippen LogP contribution >= 0.6 is 0 Å². The maximum atomic E-state index is 11.4. The Morgan fingerprint density at radius 2 is 1.08 bits per heavy atom. The molecule has 0 N–H and O–H groups in total. The van der Waals surface area contributed by atoms with E-state index in [0.717, 1.165) is 12.2 Å². The number of carbonyl (C=O) groups excluding carboxylic acids is 2. The van der Waals surface area contributed by atoms with E-state index in [1.807, 2.05) is 41.5 Å². The van der Waals surface area contributed by atoms with Crippen LogP contribution in [0.4, 0.5) is 0 Å². The van der Waals surface area contributed by atoms with Crippen molar-refractivity contribution >= 4 is 11.9 Å². The molecule has 0 aromatic heterocycles. The van der Waals surface area contributed by atoms with Crippen molar-refractivity contribution in [2.45, 2.75) is 53.8 Å². The molecule has 2 unspecified atom stereocenters. The molecule has 0 amide bonds. The zero-order chi connectivity index (χ0) is 19.0. The van der Waals surface area contributed by atoms with Crippen LogP contribution < -0.4 is 0 Å². The molecule has 0 rings (SSSR count). The van der Waals surface area contributed by atoms with Crippen molar-refractivity contribution < 1.29 is 28.8 Å². The van der Waals surface area contributed by atoms with Crippen molar-refractivity contribution in [3.8, 4) is 0 Å². The van der Waals surface area contributed by atoms with Gasteiger partial charge in [0.05, 0.1) is 0 Å². The summed E-state index contributed by atoms with van der Waals surface area (Å²) in [5.74, 6) is -1.04. The van der Waals surface area contributed by atoms with E-state index >= 15 is 0 Å². The lowest BCUT2D eigenvalue weighted by Crippen LogP contribution is -2.38. The Bertz CT molecular complexity index is 399. The molecule has 24 heavy (non-hydrogen) atoms. The third-order valence-corrected chi connectivity index (χ3v) is 3.30. The molecule has 0 saturated heterocycles. The first-order valence-electron chi connectivity index (χ1n) is 7.82. The van der Waals surface area contributed by atoms with Crippen LogP contribution in [0.5, 0.6) is 0 Å². The zero-order valence-electron chi connectivity index (χ0n) is 15.6. The van der Waals surface area contributed by atoms with Crippen LogP contribution in [-0.2, 0) is 28.8 Å². The summed E-state index contributed by atoms with van der Waals surface area (Å²) in [6.07, 6.45) is 1.19. The zero-order valence-corrected chi connectivity index (χ0v) is 15.6. The van der Waals surface area contributed by atoms with Gasteiger partial charge in [0, 0.05) is 23.0 Å². The Labute approximate surface area is 144 Å². The van der Waals surface area contributed by atoms with Gasteiger partial charge in [0.1, 0.15) is 25.4 Å². The first-order chi connectivity index (χ1) is 10.9. The van der Waals surface area contributed by atoms with Crippen molar-refractivity contribution in [1.82, 2.24) is 0 Å². The predicted octanol–water partition coefficient (Wildman–Crippen LogP) is 3.22. The third-order valence-electron chi connectivity index (χ3n) is 3.30. The van der Waals surface area contributed by atoms with Crippen LogP contribution in [0.15, 0.2) is 25.3 Å². The summed E-state index contributed by atoms with van der Waals surface area (Å²) in [5, 5.41) is 0. The van der Waals surface area contributed by atoms with Crippen molar-refractivity contribution in [3.63, 3.8) is 0 Å². The summed E-state index contributed by atoms with van der Waals surface area (Å²) < 4.78 is 10.5. The molecule has 138 valence electrons. The van der Waals surface area contributed by atoms with E-state index in [-0.39, 0.29) is 24.0 Å². The van der Waals surface area contributed by atoms with Crippen LogP contribution in [-0.4, -0.2) is 37.4 Å². The fraction of sp³-hybridized carbons (Fsp3) is 0.667. The molecule has 0 spiro atoms. The Hall–Kier alpha value is -1.66. The molecular formula is C18H30O6. The molecule has 6 heteroatoms. The molecule has 0 fully saturated rings. The van der Waals surface area contributed by atoms with Gasteiger partial charge in [0.15, 0.2) is 0 Å². The maximum absolute atomic E-state index is 11.4. The van der Waals surface area contributed by atoms with Gasteiger partial charge in [0.25, 0.3) is 0 Å². The summed E-state index contributed by atoms with van der Waals surface area (Å²) in [7, 11) is 0. The summed E-state index contributed by atoms with van der Waals surface area (Å²) in [4.78, 5) is 33.1. The van der Waals surface area contributed by atoms with E-state index in [9.17, 15) is 9.59 Å². The average molecular weight is 342 g/mol. The lowest BCUT2D eigenvalue weighted by atomic mass is 9.89. The van der Waals surface area contributed by atoms with Gasteiger partial charge in [-0.05, 0) is 0 Å². The molecule has 2 atom stereocenters. The van der Waals surface area contributed by atoms with Crippen LogP contribution in [0.25, 0.3) is 0 Å². The fourth-order valence-corrected chi connectivity index (χ4v) is 1.52. The topological polar surface area (TPSA) is 71.1 Å². The molecule has 6 nitrogen and oxygen atoms in total. The second-order valence-electron chi connectivity index (χ2n) is 7.56. The van der Waals surface area contributed by atoms with E-state index in [1.165, 1.54) is 0 Å². The van der Waals surface area contributed by atoms with E-state index in [2.05, 4.69) is 13.2 Å². The lowest BCUT2D eigenvalue weighted by molar-refractivity contribution is -0.324. The monoisotopic (exact) mass is 342 g/mol. The summed E-state index contributed by atoms with van der Waals surface area (Å²) >= 11 is 0. The highest BCUT2D eigenvalue weighted by Crippen LogP contribution is 2.25. The van der Waals surface area contributed by atoms with E-state index < -0.39 is 24.1 Å². The van der Waals surface area contributed by atoms with Gasteiger partial charge < -0.3 is 9.47 Å². The lowest BCUT2D eigenvalue weighted by Gasteiger charge is -2.31. The SMILES string of the molecule is C=CC(=O)OC(COOCC(OC(=O)C=C)C(C)(C)C)C(C)(C)C. The molecule has 0 aliphatic rings. The Morgan fingerprint density at radius 1 is 0.792 bits per heavy atom. The second-order valence-corrected chi connectivity index (χ2v) is 7.56. The van der Waals surface area contributed by atoms with Crippen molar-refractivity contribution in [2.75, 3.05) is 13.2 Å². The number of ether oxygens (including phenoxy) is 2. The van der Waals surface area contributed by atoms with Crippen LogP contribution in [0.3, 0.4) is 0 Å². The second kappa shape index (κ2) is 9.59. The van der Waals surface area contributed by atoms with Gasteiger partial charge in [-0.3, -0.25) is 0 Å². The Morgan fingerprint density at radius 3 is 1.29 bits per heavy atom. The first-order valence-corrected chi connectivity index (χ1v) is 7.82. The van der Waals surface area contributed by atoms with Crippen molar-refractivity contribution in [2.24, 2.45) is 10.8 Å². The van der Waals surface area contributed by atoms with Gasteiger partial charge in [-0.2, -0.15) is 0 Å². The molecule has 0 aromatic carbocycles. The van der Waals surface area contributed by atoms with Gasteiger partial charge in [-0.25, -0.2) is 19.4 Å². The highest BCUT2D eigenvalue weighted by molar-refractivity contribution is 5.81. The molecule has 0 aromatic rings. The van der Waals surface area contributed by atoms with Gasteiger partial charge >= 0.3 is 11.9 Å². The minimum atomic E-state index is -0.522. The van der Waals surface area contributed by atoms with Crippen LogP contribution in [0.2, 0.25) is 0 Å². The number of esters is 2. The molecule has 0 aliphatic heterocycles. The standard InChI is InChI=1S/C18H30O6/c1-9-15(19)23-13(17(3,4)5)11-21-22-12-14(18(6,7)8)24-16(20)10-2/h9-10,13-14H,1-2,11-12H2,3-8H3. The number of hydrogen-bond acceptors (Lipinski definition) is 6. The molecule has 0 heterocycles. The highest BCUT2D eigenvalue weighted by Gasteiger charge is 2.31. The minimum Gasteiger partial charge on any atom is -0.456 e. The molecule has 0 aliphatic carbocycles. The Balaban J connectivity index is 4.57. The highest BCUT2D eigenvalue weighted by atomic mass is 17.2. The fourth-order valence-electron chi connectivity index (χ4n) is 1.52. The van der Waals surface area contributed by atoms with Gasteiger partial charge in [0.2, 0.25) is 0 Å². The van der Waals surface area contributed by atoms with Crippen LogP contribution in [0.1, 0.15) is 41.5 Å². The quantitative estimate of drug-likeness (QED) is 0.211. The molecular weight excluding hydrogens is 312 g/mol. The van der Waals surface area contributed by atoms with E-state index in [4.69, 9.17) is 19.2 Å². The number of hydrogen-bond donors (Lipinski definition) is 0. The maximum Gasteiger partial charge on any atom is 0.330 e. The molecule has 0 radical (unpaired) electrons. The summed E-state index contributed by atoms with van der Waals surface area (Å²) in [6.45, 7) is 18.4. The summed E-state index contributed by atoms with van der Waals surface area (Å²) in [6, 6.07) is 0. The predicted molar refractivity (Wildman–Crippen MR) is 91.0 cm³/mol. The third kappa shape index (κ3) is 8.84. The van der Waals surface area contributed by atoms with Crippen molar-refractivity contribution in [3.05, 3.63) is 25.3 Å². The van der Waals surface area contributed by atoms with Gasteiger partial charge in [-0.15, -0.1) is 0 Å². The number of rotatable bonds is 9. The molecule has 0 saturated carbocycles. The molecule has 0 bridgehead atoms. The first kappa shape index (κ1) is 22.3. The Kier molecular flexibility index (Phi) is 8.93. The van der Waals surface area contributed by atoms with E-state index in [0.29, 0.717) is 0 Å². The smallest absolute Gasteiger partial charge is 0.330 e.